The largest absolute Gasteiger partial charge is 0.478 e. The van der Waals surface area contributed by atoms with Gasteiger partial charge in [0.1, 0.15) is 0 Å². The van der Waals surface area contributed by atoms with E-state index in [4.69, 9.17) is 0 Å². The van der Waals surface area contributed by atoms with Crippen LogP contribution in [0.15, 0.2) is 35.2 Å². The summed E-state index contributed by atoms with van der Waals surface area (Å²) in [4.78, 5) is 11.4. The summed E-state index contributed by atoms with van der Waals surface area (Å²) in [5, 5.41) is 20.5. The molecule has 17 heavy (non-hydrogen) atoms. The smallest absolute Gasteiger partial charge is 0.337 e. The highest BCUT2D eigenvalue weighted by Crippen LogP contribution is 2.30. The minimum Gasteiger partial charge on any atom is -0.478 e. The zero-order valence-corrected chi connectivity index (χ0v) is 9.49. The molecule has 0 aliphatic heterocycles. The highest BCUT2D eigenvalue weighted by molar-refractivity contribution is 7.08. The average molecular weight is 244 g/mol. The van der Waals surface area contributed by atoms with Crippen LogP contribution in [-0.2, 0) is 0 Å². The van der Waals surface area contributed by atoms with E-state index in [-0.39, 0.29) is 0 Å². The lowest BCUT2D eigenvalue weighted by Gasteiger charge is -2.05. The molecule has 0 saturated heterocycles. The Bertz CT molecular complexity index is 686. The van der Waals surface area contributed by atoms with Crippen LogP contribution in [0.25, 0.3) is 22.0 Å². The monoisotopic (exact) mass is 244 g/mol. The zero-order valence-electron chi connectivity index (χ0n) is 8.68. The fourth-order valence-electron chi connectivity index (χ4n) is 1.91. The van der Waals surface area contributed by atoms with Crippen LogP contribution in [0.3, 0.4) is 0 Å². The first-order chi connectivity index (χ1) is 8.27. The van der Waals surface area contributed by atoms with Crippen LogP contribution < -0.4 is 0 Å². The molecule has 0 fully saturated rings. The van der Waals surface area contributed by atoms with E-state index in [2.05, 4.69) is 10.2 Å². The molecule has 3 rings (SSSR count). The molecule has 3 aromatic rings. The molecule has 0 aliphatic rings. The number of thiophene rings is 1. The van der Waals surface area contributed by atoms with Gasteiger partial charge in [-0.2, -0.15) is 16.4 Å². The lowest BCUT2D eigenvalue weighted by atomic mass is 9.99. The fraction of sp³-hybridized carbons (Fsp3) is 0. The number of aromatic nitrogens is 2. The van der Waals surface area contributed by atoms with E-state index in [1.807, 2.05) is 29.0 Å². The number of fused-ring (bicyclic) bond motifs is 1. The third-order valence-electron chi connectivity index (χ3n) is 2.67. The van der Waals surface area contributed by atoms with E-state index in [0.29, 0.717) is 10.9 Å². The standard InChI is InChI=1S/C12H8N2O2S/c15-12(16)11-8(7-3-4-17-6-7)1-2-10-9(11)5-13-14-10/h1-6H,(H,13,14)(H,15,16). The summed E-state index contributed by atoms with van der Waals surface area (Å²) in [6.07, 6.45) is 1.55. The van der Waals surface area contributed by atoms with E-state index in [1.54, 1.807) is 17.5 Å². The van der Waals surface area contributed by atoms with Crippen molar-refractivity contribution in [3.63, 3.8) is 0 Å². The maximum Gasteiger partial charge on any atom is 0.337 e. The molecule has 0 aliphatic carbocycles. The average Bonchev–Trinajstić information content (AvgIpc) is 2.98. The van der Waals surface area contributed by atoms with Crippen molar-refractivity contribution in [2.24, 2.45) is 0 Å². The van der Waals surface area contributed by atoms with Crippen LogP contribution in [0.2, 0.25) is 0 Å². The van der Waals surface area contributed by atoms with Gasteiger partial charge in [0.05, 0.1) is 17.3 Å². The molecule has 2 heterocycles. The van der Waals surface area contributed by atoms with Crippen LogP contribution in [0.1, 0.15) is 10.4 Å². The molecule has 0 atom stereocenters. The summed E-state index contributed by atoms with van der Waals surface area (Å²) in [5.41, 5.74) is 2.69. The molecule has 5 heteroatoms. The summed E-state index contributed by atoms with van der Waals surface area (Å²) in [7, 11) is 0. The molecule has 4 nitrogen and oxygen atoms in total. The van der Waals surface area contributed by atoms with Gasteiger partial charge in [-0.15, -0.1) is 0 Å². The lowest BCUT2D eigenvalue weighted by molar-refractivity contribution is 0.0700. The van der Waals surface area contributed by atoms with Gasteiger partial charge in [0.15, 0.2) is 0 Å². The second-order valence-corrected chi connectivity index (χ2v) is 4.42. The normalized spacial score (nSPS) is 10.8. The number of nitrogens with one attached hydrogen (secondary N) is 1. The Hall–Kier alpha value is -2.14. The van der Waals surface area contributed by atoms with Gasteiger partial charge in [0.25, 0.3) is 0 Å². The van der Waals surface area contributed by atoms with Crippen LogP contribution >= 0.6 is 11.3 Å². The maximum atomic E-state index is 11.4. The fourth-order valence-corrected chi connectivity index (χ4v) is 2.56. The number of aromatic carboxylic acids is 1. The van der Waals surface area contributed by atoms with Crippen molar-refractivity contribution >= 4 is 28.2 Å². The molecule has 0 unspecified atom stereocenters. The van der Waals surface area contributed by atoms with E-state index < -0.39 is 5.97 Å². The lowest BCUT2D eigenvalue weighted by Crippen LogP contribution is -1.99. The summed E-state index contributed by atoms with van der Waals surface area (Å²) >= 11 is 1.55. The van der Waals surface area contributed by atoms with Crippen LogP contribution in [-0.4, -0.2) is 21.3 Å². The topological polar surface area (TPSA) is 66.0 Å². The van der Waals surface area contributed by atoms with Gasteiger partial charge in [-0.3, -0.25) is 5.10 Å². The third-order valence-corrected chi connectivity index (χ3v) is 3.35. The first-order valence-corrected chi connectivity index (χ1v) is 5.93. The molecule has 2 aromatic heterocycles. The Balaban J connectivity index is 2.38. The van der Waals surface area contributed by atoms with Gasteiger partial charge in [-0.05, 0) is 34.0 Å². The number of rotatable bonds is 2. The quantitative estimate of drug-likeness (QED) is 0.728. The van der Waals surface area contributed by atoms with Gasteiger partial charge < -0.3 is 5.11 Å². The molecule has 2 N–H and O–H groups in total. The Labute approximate surface area is 101 Å². The first kappa shape index (κ1) is 10.0. The second kappa shape index (κ2) is 3.71. The SMILES string of the molecule is O=C(O)c1c(-c2ccsc2)ccc2[nH]ncc12. The molecule has 1 aromatic carbocycles. The van der Waals surface area contributed by atoms with Crippen molar-refractivity contribution in [1.82, 2.24) is 10.2 Å². The Kier molecular flexibility index (Phi) is 2.19. The van der Waals surface area contributed by atoms with Crippen LogP contribution in [0.4, 0.5) is 0 Å². The minimum atomic E-state index is -0.932. The summed E-state index contributed by atoms with van der Waals surface area (Å²) in [6, 6.07) is 5.58. The van der Waals surface area contributed by atoms with Crippen molar-refractivity contribution in [2.45, 2.75) is 0 Å². The molecule has 0 bridgehead atoms. The molecular weight excluding hydrogens is 236 g/mol. The van der Waals surface area contributed by atoms with Crippen molar-refractivity contribution in [2.75, 3.05) is 0 Å². The van der Waals surface area contributed by atoms with E-state index in [1.165, 1.54) is 0 Å². The van der Waals surface area contributed by atoms with Gasteiger partial charge in [0.2, 0.25) is 0 Å². The number of nitrogens with zero attached hydrogens (tertiary/aromatic N) is 1. The molecule has 0 saturated carbocycles. The molecular formula is C12H8N2O2S. The number of H-pyrrole nitrogens is 1. The number of hydrogen-bond acceptors (Lipinski definition) is 3. The molecule has 84 valence electrons. The van der Waals surface area contributed by atoms with E-state index in [9.17, 15) is 9.90 Å². The number of carbonyl (C=O) groups is 1. The van der Waals surface area contributed by atoms with E-state index >= 15 is 0 Å². The van der Waals surface area contributed by atoms with Gasteiger partial charge in [-0.1, -0.05) is 6.07 Å². The number of aromatic amines is 1. The van der Waals surface area contributed by atoms with Crippen molar-refractivity contribution in [3.8, 4) is 11.1 Å². The Morgan fingerprint density at radius 2 is 2.24 bits per heavy atom. The number of carboxylic acid groups (broad SMARTS) is 1. The van der Waals surface area contributed by atoms with Crippen LogP contribution in [0.5, 0.6) is 0 Å². The van der Waals surface area contributed by atoms with Crippen molar-refractivity contribution in [3.05, 3.63) is 40.7 Å². The Morgan fingerprint density at radius 3 is 2.94 bits per heavy atom. The van der Waals surface area contributed by atoms with E-state index in [0.717, 1.165) is 16.6 Å². The number of carboxylic acids is 1. The molecule has 0 amide bonds. The molecule has 0 spiro atoms. The highest BCUT2D eigenvalue weighted by atomic mass is 32.1. The van der Waals surface area contributed by atoms with Crippen molar-refractivity contribution in [1.29, 1.82) is 0 Å². The number of benzene rings is 1. The van der Waals surface area contributed by atoms with Gasteiger partial charge in [0, 0.05) is 5.39 Å². The minimum absolute atomic E-state index is 0.301. The second-order valence-electron chi connectivity index (χ2n) is 3.64. The zero-order chi connectivity index (χ0) is 11.8. The maximum absolute atomic E-state index is 11.4. The predicted molar refractivity (Wildman–Crippen MR) is 66.4 cm³/mol. The Morgan fingerprint density at radius 1 is 1.35 bits per heavy atom. The van der Waals surface area contributed by atoms with Crippen LogP contribution in [0, 0.1) is 0 Å². The number of hydrogen-bond donors (Lipinski definition) is 2. The summed E-state index contributed by atoms with van der Waals surface area (Å²) in [5.74, 6) is -0.932. The summed E-state index contributed by atoms with van der Waals surface area (Å²) in [6.45, 7) is 0. The van der Waals surface area contributed by atoms with Gasteiger partial charge >= 0.3 is 5.97 Å². The summed E-state index contributed by atoms with van der Waals surface area (Å²) < 4.78 is 0. The first-order valence-electron chi connectivity index (χ1n) is 4.99. The predicted octanol–water partition coefficient (Wildman–Crippen LogP) is 2.99. The third kappa shape index (κ3) is 1.52. The van der Waals surface area contributed by atoms with Crippen molar-refractivity contribution < 1.29 is 9.90 Å². The van der Waals surface area contributed by atoms with Gasteiger partial charge in [-0.25, -0.2) is 4.79 Å². The molecule has 0 radical (unpaired) electrons. The highest BCUT2D eigenvalue weighted by Gasteiger charge is 2.16.